The molecule has 3 aromatic heterocycles. The fraction of sp³-hybridized carbons (Fsp3) is 0.125. The molecule has 0 aliphatic heterocycles. The number of nitrogens with zero attached hydrogens (tertiary/aromatic N) is 6. The molecule has 5 aromatic rings. The number of benzene rings is 2. The van der Waals surface area contributed by atoms with Crippen molar-refractivity contribution >= 4 is 11.8 Å². The Morgan fingerprint density at radius 1 is 0.848 bits per heavy atom. The van der Waals surface area contributed by atoms with Crippen molar-refractivity contribution in [1.82, 2.24) is 29.9 Å². The summed E-state index contributed by atoms with van der Waals surface area (Å²) < 4.78 is 13.4. The number of aromatic nitrogens is 6. The highest BCUT2D eigenvalue weighted by molar-refractivity contribution is 7.98. The van der Waals surface area contributed by atoms with Crippen LogP contribution < -0.4 is 4.74 Å². The van der Waals surface area contributed by atoms with E-state index in [0.717, 1.165) is 28.4 Å². The van der Waals surface area contributed by atoms with Crippen LogP contribution in [0.1, 0.15) is 12.8 Å². The second-order valence-corrected chi connectivity index (χ2v) is 7.90. The van der Waals surface area contributed by atoms with Crippen LogP contribution in [0.2, 0.25) is 0 Å². The summed E-state index contributed by atoms with van der Waals surface area (Å²) in [5, 5.41) is 18.0. The van der Waals surface area contributed by atoms with Crippen LogP contribution in [0.4, 0.5) is 0 Å². The molecular formula is C24H20N6O2S. The Labute approximate surface area is 194 Å². The first kappa shape index (κ1) is 20.9. The molecule has 0 saturated carbocycles. The Morgan fingerprint density at radius 2 is 1.64 bits per heavy atom. The zero-order valence-electron chi connectivity index (χ0n) is 17.8. The highest BCUT2D eigenvalue weighted by atomic mass is 32.2. The molecule has 0 aliphatic carbocycles. The second kappa shape index (κ2) is 9.66. The van der Waals surface area contributed by atoms with Gasteiger partial charge in [-0.15, -0.1) is 20.4 Å². The Morgan fingerprint density at radius 3 is 2.39 bits per heavy atom. The van der Waals surface area contributed by atoms with Gasteiger partial charge in [-0.3, -0.25) is 9.55 Å². The molecule has 0 atom stereocenters. The lowest BCUT2D eigenvalue weighted by Crippen LogP contribution is -2.00. The molecule has 0 N–H and O–H groups in total. The van der Waals surface area contributed by atoms with Gasteiger partial charge in [-0.25, -0.2) is 0 Å². The molecule has 0 saturated heterocycles. The van der Waals surface area contributed by atoms with E-state index in [9.17, 15) is 0 Å². The minimum absolute atomic E-state index is 0.464. The minimum Gasteiger partial charge on any atom is -0.494 e. The van der Waals surface area contributed by atoms with Crippen LogP contribution in [0, 0.1) is 0 Å². The number of pyridine rings is 1. The van der Waals surface area contributed by atoms with Crippen LogP contribution in [-0.2, 0) is 5.75 Å². The minimum atomic E-state index is 0.464. The van der Waals surface area contributed by atoms with Crippen LogP contribution >= 0.6 is 11.8 Å². The van der Waals surface area contributed by atoms with Crippen molar-refractivity contribution in [3.05, 3.63) is 85.0 Å². The van der Waals surface area contributed by atoms with Gasteiger partial charge in [0, 0.05) is 29.2 Å². The normalized spacial score (nSPS) is 10.9. The van der Waals surface area contributed by atoms with Gasteiger partial charge in [0.25, 0.3) is 0 Å². The average Bonchev–Trinajstić information content (AvgIpc) is 3.52. The second-order valence-electron chi connectivity index (χ2n) is 6.96. The number of hydrogen-bond donors (Lipinski definition) is 0. The van der Waals surface area contributed by atoms with Crippen molar-refractivity contribution in [3.63, 3.8) is 0 Å². The molecule has 2 aromatic carbocycles. The number of hydrogen-bond acceptors (Lipinski definition) is 8. The van der Waals surface area contributed by atoms with Crippen molar-refractivity contribution in [1.29, 1.82) is 0 Å². The number of thioether (sulfide) groups is 1. The van der Waals surface area contributed by atoms with Gasteiger partial charge in [0.15, 0.2) is 11.0 Å². The maximum Gasteiger partial charge on any atom is 0.247 e. The van der Waals surface area contributed by atoms with E-state index in [1.165, 1.54) is 11.8 Å². The first-order valence-corrected chi connectivity index (χ1v) is 11.4. The van der Waals surface area contributed by atoms with Gasteiger partial charge in [0.05, 0.1) is 12.4 Å². The van der Waals surface area contributed by atoms with Gasteiger partial charge < -0.3 is 9.15 Å². The Balaban J connectivity index is 1.44. The van der Waals surface area contributed by atoms with Gasteiger partial charge in [-0.05, 0) is 55.5 Å². The van der Waals surface area contributed by atoms with Crippen LogP contribution in [0.5, 0.6) is 5.75 Å². The van der Waals surface area contributed by atoms with Crippen LogP contribution in [-0.4, -0.2) is 36.6 Å². The molecule has 0 spiro atoms. The van der Waals surface area contributed by atoms with Crippen molar-refractivity contribution in [3.8, 4) is 34.3 Å². The molecule has 0 unspecified atom stereocenters. The fourth-order valence-electron chi connectivity index (χ4n) is 3.28. The van der Waals surface area contributed by atoms with E-state index in [1.54, 1.807) is 12.4 Å². The zero-order chi connectivity index (χ0) is 22.5. The molecule has 8 nitrogen and oxygen atoms in total. The Bertz CT molecular complexity index is 1320. The third-order valence-corrected chi connectivity index (χ3v) is 5.70. The molecular weight excluding hydrogens is 436 g/mol. The van der Waals surface area contributed by atoms with Crippen molar-refractivity contribution in [2.45, 2.75) is 17.8 Å². The molecule has 5 rings (SSSR count). The predicted molar refractivity (Wildman–Crippen MR) is 125 cm³/mol. The van der Waals surface area contributed by atoms with Crippen molar-refractivity contribution < 1.29 is 9.15 Å². The summed E-state index contributed by atoms with van der Waals surface area (Å²) >= 11 is 1.48. The lowest BCUT2D eigenvalue weighted by molar-refractivity contribution is 0.340. The topological polar surface area (TPSA) is 91.8 Å². The molecule has 0 amide bonds. The average molecular weight is 457 g/mol. The van der Waals surface area contributed by atoms with Crippen LogP contribution in [0.3, 0.4) is 0 Å². The fourth-order valence-corrected chi connectivity index (χ4v) is 4.07. The highest BCUT2D eigenvalue weighted by Crippen LogP contribution is 2.30. The van der Waals surface area contributed by atoms with E-state index in [0.29, 0.717) is 29.3 Å². The first-order valence-electron chi connectivity index (χ1n) is 10.4. The maximum atomic E-state index is 5.85. The Kier molecular flexibility index (Phi) is 6.12. The molecule has 0 fully saturated rings. The molecule has 3 heterocycles. The van der Waals surface area contributed by atoms with Gasteiger partial charge >= 0.3 is 0 Å². The summed E-state index contributed by atoms with van der Waals surface area (Å²) in [6, 6.07) is 21.4. The molecule has 0 bridgehead atoms. The zero-order valence-corrected chi connectivity index (χ0v) is 18.6. The van der Waals surface area contributed by atoms with Gasteiger partial charge in [-0.1, -0.05) is 30.0 Å². The summed E-state index contributed by atoms with van der Waals surface area (Å²) in [6.07, 6.45) is 3.48. The highest BCUT2D eigenvalue weighted by Gasteiger charge is 2.18. The first-order chi connectivity index (χ1) is 16.3. The van der Waals surface area contributed by atoms with Gasteiger partial charge in [-0.2, -0.15) is 0 Å². The predicted octanol–water partition coefficient (Wildman–Crippen LogP) is 5.07. The Hall–Kier alpha value is -3.98. The van der Waals surface area contributed by atoms with E-state index >= 15 is 0 Å². The molecule has 164 valence electrons. The van der Waals surface area contributed by atoms with E-state index in [1.807, 2.05) is 78.2 Å². The summed E-state index contributed by atoms with van der Waals surface area (Å²) in [5.41, 5.74) is 2.73. The summed E-state index contributed by atoms with van der Waals surface area (Å²) in [6.45, 7) is 2.58. The molecule has 0 aliphatic rings. The lowest BCUT2D eigenvalue weighted by Gasteiger charge is -2.11. The van der Waals surface area contributed by atoms with Crippen molar-refractivity contribution in [2.24, 2.45) is 0 Å². The van der Waals surface area contributed by atoms with E-state index < -0.39 is 0 Å². The monoisotopic (exact) mass is 456 g/mol. The van der Waals surface area contributed by atoms with Gasteiger partial charge in [0.2, 0.25) is 11.8 Å². The van der Waals surface area contributed by atoms with E-state index in [-0.39, 0.29) is 0 Å². The third-order valence-electron chi connectivity index (χ3n) is 4.79. The van der Waals surface area contributed by atoms with Crippen LogP contribution in [0.25, 0.3) is 28.5 Å². The van der Waals surface area contributed by atoms with E-state index in [2.05, 4.69) is 25.4 Å². The summed E-state index contributed by atoms with van der Waals surface area (Å²) in [5.74, 6) is 3.01. The van der Waals surface area contributed by atoms with Crippen molar-refractivity contribution in [2.75, 3.05) is 6.61 Å². The van der Waals surface area contributed by atoms with Crippen LogP contribution in [0.15, 0.2) is 88.7 Å². The summed E-state index contributed by atoms with van der Waals surface area (Å²) in [4.78, 5) is 4.11. The smallest absolute Gasteiger partial charge is 0.247 e. The SMILES string of the molecule is CCOc1ccc(-n2c(SCc3nnc(-c4ccccc4)o3)nnc2-c2ccncc2)cc1. The summed E-state index contributed by atoms with van der Waals surface area (Å²) in [7, 11) is 0. The maximum absolute atomic E-state index is 5.85. The van der Waals surface area contributed by atoms with E-state index in [4.69, 9.17) is 9.15 Å². The quantitative estimate of drug-likeness (QED) is 0.299. The molecule has 0 radical (unpaired) electrons. The lowest BCUT2D eigenvalue weighted by atomic mass is 10.2. The standard InChI is InChI=1S/C24H20N6O2S/c1-2-31-20-10-8-19(9-11-20)30-22(17-12-14-25-15-13-17)27-29-24(30)33-16-21-26-28-23(32-21)18-6-4-3-5-7-18/h3-15H,2,16H2,1H3. The van der Waals surface area contributed by atoms with Gasteiger partial charge in [0.1, 0.15) is 5.75 Å². The largest absolute Gasteiger partial charge is 0.494 e. The number of rotatable bonds is 8. The third kappa shape index (κ3) is 4.63. The number of ether oxygens (including phenoxy) is 1. The molecule has 33 heavy (non-hydrogen) atoms. The molecule has 9 heteroatoms.